The zero-order valence-electron chi connectivity index (χ0n) is 15.5. The zero-order valence-corrected chi connectivity index (χ0v) is 16.3. The van der Waals surface area contributed by atoms with Crippen molar-refractivity contribution >= 4 is 40.2 Å². The van der Waals surface area contributed by atoms with Gasteiger partial charge in [0.25, 0.3) is 5.91 Å². The van der Waals surface area contributed by atoms with Crippen molar-refractivity contribution in [3.8, 4) is 0 Å². The fourth-order valence-electron chi connectivity index (χ4n) is 3.24. The summed E-state index contributed by atoms with van der Waals surface area (Å²) in [5.41, 5.74) is 0.290. The van der Waals surface area contributed by atoms with Crippen LogP contribution in [0.4, 0.5) is 4.79 Å². The van der Waals surface area contributed by atoms with Gasteiger partial charge in [-0.25, -0.2) is 4.79 Å². The molecule has 1 atom stereocenters. The van der Waals surface area contributed by atoms with E-state index in [0.717, 1.165) is 15.8 Å². The maximum atomic E-state index is 13.0. The molecule has 1 aromatic carbocycles. The molecule has 1 aliphatic heterocycles. The fourth-order valence-corrected chi connectivity index (χ4v) is 3.90. The lowest BCUT2D eigenvalue weighted by Gasteiger charge is -2.21. The molecule has 3 heterocycles. The Labute approximate surface area is 165 Å². The van der Waals surface area contributed by atoms with E-state index < -0.39 is 17.5 Å². The standard InChI is InChI=1S/C20H19N3O4S/c1-20(16-9-14-5-3-4-6-15(14)27-16)18(25)23(19(26)21-20)11-17(24)22(2)10-13-7-8-28-12-13/h3-9,12H,10-11H2,1-2H3,(H,21,26). The maximum Gasteiger partial charge on any atom is 0.325 e. The first-order chi connectivity index (χ1) is 13.4. The lowest BCUT2D eigenvalue weighted by molar-refractivity contribution is -0.138. The number of carbonyl (C=O) groups is 3. The van der Waals surface area contributed by atoms with E-state index in [2.05, 4.69) is 5.32 Å². The summed E-state index contributed by atoms with van der Waals surface area (Å²) in [7, 11) is 1.65. The van der Waals surface area contributed by atoms with Gasteiger partial charge in [-0.2, -0.15) is 11.3 Å². The van der Waals surface area contributed by atoms with Crippen LogP contribution in [0.1, 0.15) is 18.2 Å². The summed E-state index contributed by atoms with van der Waals surface area (Å²) in [6.07, 6.45) is 0. The third kappa shape index (κ3) is 3.05. The molecular weight excluding hydrogens is 378 g/mol. The second-order valence-electron chi connectivity index (χ2n) is 6.98. The number of thiophene rings is 1. The molecule has 0 aliphatic carbocycles. The van der Waals surface area contributed by atoms with E-state index in [1.165, 1.54) is 4.90 Å². The van der Waals surface area contributed by atoms with E-state index in [-0.39, 0.29) is 12.5 Å². The van der Waals surface area contributed by atoms with Crippen LogP contribution in [0, 0.1) is 0 Å². The van der Waals surface area contributed by atoms with Crippen molar-refractivity contribution in [1.82, 2.24) is 15.1 Å². The fraction of sp³-hybridized carbons (Fsp3) is 0.250. The smallest absolute Gasteiger partial charge is 0.325 e. The minimum absolute atomic E-state index is 0.316. The Hall–Kier alpha value is -3.13. The van der Waals surface area contributed by atoms with Crippen LogP contribution >= 0.6 is 11.3 Å². The van der Waals surface area contributed by atoms with Crippen molar-refractivity contribution < 1.29 is 18.8 Å². The molecule has 1 fully saturated rings. The molecule has 1 N–H and O–H groups in total. The van der Waals surface area contributed by atoms with Crippen molar-refractivity contribution in [2.75, 3.05) is 13.6 Å². The third-order valence-corrected chi connectivity index (χ3v) is 5.64. The number of para-hydroxylation sites is 1. The lowest BCUT2D eigenvalue weighted by Crippen LogP contribution is -2.43. The maximum absolute atomic E-state index is 13.0. The van der Waals surface area contributed by atoms with Gasteiger partial charge < -0.3 is 14.6 Å². The second-order valence-corrected chi connectivity index (χ2v) is 7.76. The number of amides is 4. The number of urea groups is 1. The Morgan fingerprint density at radius 2 is 2.07 bits per heavy atom. The minimum atomic E-state index is -1.34. The number of nitrogens with zero attached hydrogens (tertiary/aromatic N) is 2. The van der Waals surface area contributed by atoms with Gasteiger partial charge in [-0.15, -0.1) is 0 Å². The first kappa shape index (κ1) is 18.2. The molecule has 4 amide bonds. The Morgan fingerprint density at radius 3 is 2.79 bits per heavy atom. The number of imide groups is 1. The van der Waals surface area contributed by atoms with Crippen LogP contribution in [-0.2, 0) is 21.7 Å². The van der Waals surface area contributed by atoms with Crippen molar-refractivity contribution in [1.29, 1.82) is 0 Å². The molecule has 3 aromatic rings. The van der Waals surface area contributed by atoms with Gasteiger partial charge >= 0.3 is 6.03 Å². The number of nitrogens with one attached hydrogen (secondary N) is 1. The minimum Gasteiger partial charge on any atom is -0.458 e. The van der Waals surface area contributed by atoms with Gasteiger partial charge in [-0.3, -0.25) is 14.5 Å². The van der Waals surface area contributed by atoms with E-state index in [1.807, 2.05) is 35.0 Å². The van der Waals surface area contributed by atoms with Gasteiger partial charge in [-0.05, 0) is 41.4 Å². The monoisotopic (exact) mass is 397 g/mol. The third-order valence-electron chi connectivity index (χ3n) is 4.91. The van der Waals surface area contributed by atoms with Crippen LogP contribution in [0.15, 0.2) is 51.6 Å². The Balaban J connectivity index is 1.52. The SMILES string of the molecule is CN(Cc1ccsc1)C(=O)CN1C(=O)NC(C)(c2cc3ccccc3o2)C1=O. The van der Waals surface area contributed by atoms with Crippen molar-refractivity contribution in [2.45, 2.75) is 19.0 Å². The van der Waals surface area contributed by atoms with Gasteiger partial charge in [0.1, 0.15) is 17.9 Å². The van der Waals surface area contributed by atoms with Crippen LogP contribution in [-0.4, -0.2) is 41.2 Å². The number of hydrogen-bond acceptors (Lipinski definition) is 5. The highest BCUT2D eigenvalue weighted by molar-refractivity contribution is 7.07. The highest BCUT2D eigenvalue weighted by Gasteiger charge is 2.51. The molecule has 1 aliphatic rings. The predicted molar refractivity (Wildman–Crippen MR) is 105 cm³/mol. The summed E-state index contributed by atoms with van der Waals surface area (Å²) in [5, 5.41) is 7.40. The molecule has 144 valence electrons. The first-order valence-corrected chi connectivity index (χ1v) is 9.71. The van der Waals surface area contributed by atoms with Crippen LogP contribution < -0.4 is 5.32 Å². The van der Waals surface area contributed by atoms with Crippen LogP contribution in [0.2, 0.25) is 0 Å². The second kappa shape index (κ2) is 6.79. The summed E-state index contributed by atoms with van der Waals surface area (Å²) >= 11 is 1.55. The largest absolute Gasteiger partial charge is 0.458 e. The molecule has 4 rings (SSSR count). The molecule has 0 spiro atoms. The van der Waals surface area contributed by atoms with Crippen molar-refractivity contribution in [3.63, 3.8) is 0 Å². The Morgan fingerprint density at radius 1 is 1.29 bits per heavy atom. The van der Waals surface area contributed by atoms with Gasteiger partial charge in [0.2, 0.25) is 5.91 Å². The lowest BCUT2D eigenvalue weighted by atomic mass is 9.99. The molecular formula is C20H19N3O4S. The number of likely N-dealkylation sites (N-methyl/N-ethyl adjacent to an activating group) is 1. The Bertz CT molecular complexity index is 1030. The van der Waals surface area contributed by atoms with Crippen molar-refractivity contribution in [2.24, 2.45) is 0 Å². The average Bonchev–Trinajstić information content (AvgIpc) is 3.38. The van der Waals surface area contributed by atoms with Gasteiger partial charge in [0.15, 0.2) is 5.54 Å². The summed E-state index contributed by atoms with van der Waals surface area (Å²) in [4.78, 5) is 40.4. The number of rotatable bonds is 5. The van der Waals surface area contributed by atoms with Crippen LogP contribution in [0.25, 0.3) is 11.0 Å². The molecule has 1 saturated heterocycles. The van der Waals surface area contributed by atoms with E-state index in [1.54, 1.807) is 37.4 Å². The number of benzene rings is 1. The molecule has 8 heteroatoms. The van der Waals surface area contributed by atoms with E-state index in [0.29, 0.717) is 17.9 Å². The summed E-state index contributed by atoms with van der Waals surface area (Å²) in [6.45, 7) is 1.69. The topological polar surface area (TPSA) is 82.9 Å². The van der Waals surface area contributed by atoms with Gasteiger partial charge in [-0.1, -0.05) is 18.2 Å². The number of furan rings is 1. The normalized spacial score (nSPS) is 19.3. The van der Waals surface area contributed by atoms with Gasteiger partial charge in [0.05, 0.1) is 0 Å². The molecule has 1 unspecified atom stereocenters. The Kier molecular flexibility index (Phi) is 4.43. The summed E-state index contributed by atoms with van der Waals surface area (Å²) in [5.74, 6) is -0.481. The zero-order chi connectivity index (χ0) is 19.9. The summed E-state index contributed by atoms with van der Waals surface area (Å²) < 4.78 is 5.79. The van der Waals surface area contributed by atoms with E-state index in [4.69, 9.17) is 4.42 Å². The van der Waals surface area contributed by atoms with Crippen molar-refractivity contribution in [3.05, 3.63) is 58.5 Å². The quantitative estimate of drug-likeness (QED) is 0.671. The number of hydrogen-bond donors (Lipinski definition) is 1. The van der Waals surface area contributed by atoms with Gasteiger partial charge in [0, 0.05) is 19.0 Å². The predicted octanol–water partition coefficient (Wildman–Crippen LogP) is 2.92. The number of fused-ring (bicyclic) bond motifs is 1. The van der Waals surface area contributed by atoms with E-state index in [9.17, 15) is 14.4 Å². The molecule has 7 nitrogen and oxygen atoms in total. The molecule has 0 bridgehead atoms. The summed E-state index contributed by atoms with van der Waals surface area (Å²) in [6, 6.07) is 10.4. The highest BCUT2D eigenvalue weighted by atomic mass is 32.1. The molecule has 28 heavy (non-hydrogen) atoms. The molecule has 2 aromatic heterocycles. The molecule has 0 radical (unpaired) electrons. The van der Waals surface area contributed by atoms with E-state index >= 15 is 0 Å². The van der Waals surface area contributed by atoms with Crippen LogP contribution in [0.5, 0.6) is 0 Å². The highest BCUT2D eigenvalue weighted by Crippen LogP contribution is 2.33. The first-order valence-electron chi connectivity index (χ1n) is 8.77. The molecule has 0 saturated carbocycles. The number of carbonyl (C=O) groups excluding carboxylic acids is 3. The van der Waals surface area contributed by atoms with Crippen LogP contribution in [0.3, 0.4) is 0 Å². The average molecular weight is 397 g/mol.